The van der Waals surface area contributed by atoms with E-state index in [0.29, 0.717) is 11.8 Å². The molecule has 2 aromatic rings. The second-order valence-electron chi connectivity index (χ2n) is 6.09. The lowest BCUT2D eigenvalue weighted by Gasteiger charge is -2.24. The van der Waals surface area contributed by atoms with Crippen molar-refractivity contribution in [1.82, 2.24) is 0 Å². The summed E-state index contributed by atoms with van der Waals surface area (Å²) in [5, 5.41) is 0. The third-order valence-electron chi connectivity index (χ3n) is 5.02. The fourth-order valence-corrected chi connectivity index (χ4v) is 4.16. The van der Waals surface area contributed by atoms with Crippen LogP contribution >= 0.6 is 0 Å². The van der Waals surface area contributed by atoms with Crippen molar-refractivity contribution < 1.29 is 9.47 Å². The van der Waals surface area contributed by atoms with E-state index >= 15 is 0 Å². The number of ether oxygens (including phenoxy) is 2. The van der Waals surface area contributed by atoms with Crippen LogP contribution in [0.4, 0.5) is 0 Å². The van der Waals surface area contributed by atoms with Gasteiger partial charge in [0.25, 0.3) is 0 Å². The summed E-state index contributed by atoms with van der Waals surface area (Å²) in [7, 11) is 3.56. The number of benzene rings is 2. The zero-order valence-corrected chi connectivity index (χ0v) is 13.2. The second-order valence-corrected chi connectivity index (χ2v) is 6.09. The van der Waals surface area contributed by atoms with Crippen molar-refractivity contribution in [3.63, 3.8) is 0 Å². The average Bonchev–Trinajstić information content (AvgIpc) is 3.16. The molecular weight excluding hydrogens is 272 g/mol. The largest absolute Gasteiger partial charge is 0.496 e. The van der Waals surface area contributed by atoms with E-state index in [1.807, 2.05) is 6.07 Å². The van der Waals surface area contributed by atoms with E-state index in [-0.39, 0.29) is 0 Å². The highest BCUT2D eigenvalue weighted by atomic mass is 16.5. The first-order valence-corrected chi connectivity index (χ1v) is 7.78. The number of rotatable bonds is 3. The van der Waals surface area contributed by atoms with Crippen molar-refractivity contribution in [2.75, 3.05) is 14.2 Å². The van der Waals surface area contributed by atoms with Crippen LogP contribution in [-0.2, 0) is 0 Å². The van der Waals surface area contributed by atoms with E-state index < -0.39 is 0 Å². The van der Waals surface area contributed by atoms with E-state index in [2.05, 4.69) is 43.3 Å². The predicted octanol–water partition coefficient (Wildman–Crippen LogP) is 4.82. The van der Waals surface area contributed by atoms with Gasteiger partial charge in [0, 0.05) is 34.1 Å². The van der Waals surface area contributed by atoms with Crippen LogP contribution in [0.5, 0.6) is 11.5 Å². The fourth-order valence-electron chi connectivity index (χ4n) is 4.16. The second kappa shape index (κ2) is 4.91. The number of fused-ring (bicyclic) bond motifs is 5. The number of methoxy groups -OCH3 is 2. The quantitative estimate of drug-likeness (QED) is 0.755. The maximum absolute atomic E-state index is 5.89. The number of allylic oxidation sites excluding steroid dienone is 2. The molecule has 2 unspecified atom stereocenters. The summed E-state index contributed by atoms with van der Waals surface area (Å²) in [5.74, 6) is 3.00. The summed E-state index contributed by atoms with van der Waals surface area (Å²) in [5.41, 5.74) is 6.19. The van der Waals surface area contributed by atoms with Crippen LogP contribution in [0.2, 0.25) is 0 Å². The third kappa shape index (κ3) is 1.67. The summed E-state index contributed by atoms with van der Waals surface area (Å²) in [6.45, 7) is 2.14. The molecule has 2 aliphatic rings. The van der Waals surface area contributed by atoms with Crippen LogP contribution in [0, 0.1) is 6.92 Å². The van der Waals surface area contributed by atoms with Gasteiger partial charge >= 0.3 is 0 Å². The Bertz CT molecular complexity index is 759. The monoisotopic (exact) mass is 292 g/mol. The topological polar surface area (TPSA) is 18.5 Å². The molecule has 4 rings (SSSR count). The van der Waals surface area contributed by atoms with Gasteiger partial charge in [0.2, 0.25) is 0 Å². The number of hydrogen-bond acceptors (Lipinski definition) is 2. The van der Waals surface area contributed by atoms with Crippen molar-refractivity contribution in [3.8, 4) is 22.6 Å². The summed E-state index contributed by atoms with van der Waals surface area (Å²) >= 11 is 0. The van der Waals surface area contributed by atoms with E-state index in [0.717, 1.165) is 17.9 Å². The fraction of sp³-hybridized carbons (Fsp3) is 0.300. The molecule has 0 saturated heterocycles. The Hall–Kier alpha value is -2.22. The maximum atomic E-state index is 5.89. The molecule has 0 aromatic heterocycles. The third-order valence-corrected chi connectivity index (χ3v) is 5.02. The van der Waals surface area contributed by atoms with E-state index in [1.165, 1.54) is 27.8 Å². The van der Waals surface area contributed by atoms with Gasteiger partial charge in [-0.15, -0.1) is 0 Å². The zero-order valence-electron chi connectivity index (χ0n) is 13.2. The Kier molecular flexibility index (Phi) is 3.00. The highest BCUT2D eigenvalue weighted by Crippen LogP contribution is 2.58. The Labute approximate surface area is 131 Å². The Morgan fingerprint density at radius 3 is 2.05 bits per heavy atom. The normalized spacial score (nSPS) is 21.0. The van der Waals surface area contributed by atoms with Crippen LogP contribution in [0.25, 0.3) is 11.1 Å². The first-order chi connectivity index (χ1) is 10.8. The summed E-state index contributed by atoms with van der Waals surface area (Å²) < 4.78 is 11.7. The number of hydrogen-bond donors (Lipinski definition) is 0. The van der Waals surface area contributed by atoms with Crippen molar-refractivity contribution in [2.45, 2.75) is 25.2 Å². The van der Waals surface area contributed by atoms with Gasteiger partial charge in [0.05, 0.1) is 14.2 Å². The van der Waals surface area contributed by atoms with Crippen LogP contribution in [0.3, 0.4) is 0 Å². The average molecular weight is 292 g/mol. The van der Waals surface area contributed by atoms with Crippen LogP contribution < -0.4 is 9.47 Å². The first-order valence-electron chi connectivity index (χ1n) is 7.78. The SMILES string of the molecule is COc1c(C)c(-c2ccccc2)c(OC)c2c1C1C=CC2C1. The molecule has 0 heterocycles. The minimum Gasteiger partial charge on any atom is -0.496 e. The molecule has 2 aromatic carbocycles. The maximum Gasteiger partial charge on any atom is 0.131 e. The molecule has 2 bridgehead atoms. The molecule has 2 nitrogen and oxygen atoms in total. The summed E-state index contributed by atoms with van der Waals surface area (Å²) in [4.78, 5) is 0. The molecule has 0 fully saturated rings. The summed E-state index contributed by atoms with van der Waals surface area (Å²) in [6, 6.07) is 10.5. The lowest BCUT2D eigenvalue weighted by molar-refractivity contribution is 0.395. The molecule has 22 heavy (non-hydrogen) atoms. The Morgan fingerprint density at radius 1 is 0.864 bits per heavy atom. The predicted molar refractivity (Wildman–Crippen MR) is 89.0 cm³/mol. The van der Waals surface area contributed by atoms with Gasteiger partial charge in [-0.1, -0.05) is 42.5 Å². The first kappa shape index (κ1) is 13.4. The lowest BCUT2D eigenvalue weighted by Crippen LogP contribution is -2.05. The molecule has 2 heteroatoms. The van der Waals surface area contributed by atoms with Gasteiger partial charge in [-0.05, 0) is 18.9 Å². The molecule has 0 aliphatic heterocycles. The molecule has 2 aliphatic carbocycles. The zero-order chi connectivity index (χ0) is 15.3. The van der Waals surface area contributed by atoms with Gasteiger partial charge < -0.3 is 9.47 Å². The Balaban J connectivity index is 2.07. The highest BCUT2D eigenvalue weighted by Gasteiger charge is 2.40. The van der Waals surface area contributed by atoms with Gasteiger partial charge in [-0.3, -0.25) is 0 Å². The minimum atomic E-state index is 0.465. The molecule has 0 spiro atoms. The molecule has 2 atom stereocenters. The standard InChI is InChI=1S/C20H20O2/c1-12-16(13-7-5-4-6-8-13)20(22-3)18-15-10-9-14(11-15)17(18)19(12)21-2/h4-10,14-15H,11H2,1-3H3. The van der Waals surface area contributed by atoms with Crippen LogP contribution in [0.1, 0.15) is 34.9 Å². The van der Waals surface area contributed by atoms with Crippen molar-refractivity contribution in [1.29, 1.82) is 0 Å². The van der Waals surface area contributed by atoms with E-state index in [1.54, 1.807) is 14.2 Å². The van der Waals surface area contributed by atoms with Crippen LogP contribution in [-0.4, -0.2) is 14.2 Å². The summed E-state index contributed by atoms with van der Waals surface area (Å²) in [6.07, 6.45) is 5.79. The van der Waals surface area contributed by atoms with Gasteiger partial charge in [-0.25, -0.2) is 0 Å². The van der Waals surface area contributed by atoms with Crippen molar-refractivity contribution in [3.05, 3.63) is 59.2 Å². The molecule has 0 amide bonds. The van der Waals surface area contributed by atoms with E-state index in [4.69, 9.17) is 9.47 Å². The molecule has 112 valence electrons. The lowest BCUT2D eigenvalue weighted by atomic mass is 9.87. The van der Waals surface area contributed by atoms with Gasteiger partial charge in [0.1, 0.15) is 11.5 Å². The Morgan fingerprint density at radius 2 is 1.45 bits per heavy atom. The van der Waals surface area contributed by atoms with Crippen LogP contribution in [0.15, 0.2) is 42.5 Å². The smallest absolute Gasteiger partial charge is 0.131 e. The molecule has 0 N–H and O–H groups in total. The highest BCUT2D eigenvalue weighted by molar-refractivity contribution is 5.82. The van der Waals surface area contributed by atoms with Crippen molar-refractivity contribution >= 4 is 0 Å². The molecular formula is C20H20O2. The van der Waals surface area contributed by atoms with Crippen molar-refractivity contribution in [2.24, 2.45) is 0 Å². The van der Waals surface area contributed by atoms with Gasteiger partial charge in [0.15, 0.2) is 0 Å². The molecule has 0 saturated carbocycles. The minimum absolute atomic E-state index is 0.465. The van der Waals surface area contributed by atoms with Gasteiger partial charge in [-0.2, -0.15) is 0 Å². The van der Waals surface area contributed by atoms with E-state index in [9.17, 15) is 0 Å². The molecule has 0 radical (unpaired) electrons.